The summed E-state index contributed by atoms with van der Waals surface area (Å²) in [6.07, 6.45) is -3.61. The molecule has 0 aliphatic carbocycles. The van der Waals surface area contributed by atoms with Gasteiger partial charge in [-0.2, -0.15) is 0 Å². The summed E-state index contributed by atoms with van der Waals surface area (Å²) in [5.41, 5.74) is 0.695. The van der Waals surface area contributed by atoms with E-state index in [4.69, 9.17) is 14.2 Å². The minimum atomic E-state index is -4.84. The molecule has 2 aromatic rings. The van der Waals surface area contributed by atoms with Crippen molar-refractivity contribution in [2.24, 2.45) is 0 Å². The Balaban J connectivity index is 1.85. The van der Waals surface area contributed by atoms with Gasteiger partial charge in [-0.1, -0.05) is 31.8 Å². The fourth-order valence-electron chi connectivity index (χ4n) is 3.87. The number of nitrogens with one attached hydrogen (secondary N) is 1. The summed E-state index contributed by atoms with van der Waals surface area (Å²) in [7, 11) is 1.23. The van der Waals surface area contributed by atoms with Crippen LogP contribution in [0, 0.1) is 0 Å². The molecular weight excluding hydrogens is 565 g/mol. The number of urea groups is 1. The number of hydrogen-bond acceptors (Lipinski definition) is 8. The van der Waals surface area contributed by atoms with Crippen molar-refractivity contribution >= 4 is 37.5 Å². The maximum absolute atomic E-state index is 13.4. The van der Waals surface area contributed by atoms with Gasteiger partial charge in [0, 0.05) is 28.0 Å². The molecule has 15 heteroatoms. The lowest BCUT2D eigenvalue weighted by Gasteiger charge is -2.35. The quantitative estimate of drug-likeness (QED) is 0.231. The van der Waals surface area contributed by atoms with Gasteiger partial charge in [-0.15, -0.1) is 13.2 Å². The summed E-state index contributed by atoms with van der Waals surface area (Å²) in [6.45, 7) is 6.53. The van der Waals surface area contributed by atoms with Gasteiger partial charge in [0.25, 0.3) is 0 Å². The number of fused-ring (bicyclic) bond motifs is 1. The van der Waals surface area contributed by atoms with Gasteiger partial charge in [0.05, 0.1) is 31.0 Å². The van der Waals surface area contributed by atoms with Crippen LogP contribution in [0.2, 0.25) is 25.7 Å². The van der Waals surface area contributed by atoms with Crippen molar-refractivity contribution in [2.75, 3.05) is 50.5 Å². The van der Waals surface area contributed by atoms with E-state index >= 15 is 0 Å². The van der Waals surface area contributed by atoms with Crippen LogP contribution < -0.4 is 19.9 Å². The minimum Gasteiger partial charge on any atom is -0.465 e. The summed E-state index contributed by atoms with van der Waals surface area (Å²) in [6, 6.07) is 5.74. The van der Waals surface area contributed by atoms with Crippen LogP contribution in [0.1, 0.15) is 22.0 Å². The lowest BCUT2D eigenvalue weighted by molar-refractivity contribution is -0.274. The number of methoxy groups -OCH3 is 2. The number of anilines is 2. The Bertz CT molecular complexity index is 1240. The molecule has 1 aliphatic heterocycles. The zero-order valence-electron chi connectivity index (χ0n) is 23.4. The van der Waals surface area contributed by atoms with E-state index in [9.17, 15) is 27.6 Å². The average Bonchev–Trinajstić information content (AvgIpc) is 2.89. The maximum atomic E-state index is 13.4. The topological polar surface area (TPSA) is 120 Å². The largest absolute Gasteiger partial charge is 0.573 e. The van der Waals surface area contributed by atoms with E-state index in [2.05, 4.69) is 34.7 Å². The number of benzene rings is 1. The van der Waals surface area contributed by atoms with Crippen molar-refractivity contribution in [3.8, 4) is 5.75 Å². The number of ether oxygens (including phenoxy) is 4. The number of hydrogen-bond donors (Lipinski definition) is 1. The van der Waals surface area contributed by atoms with E-state index in [1.807, 2.05) is 0 Å². The van der Waals surface area contributed by atoms with Gasteiger partial charge in [-0.3, -0.25) is 14.6 Å². The first-order valence-electron chi connectivity index (χ1n) is 12.6. The summed E-state index contributed by atoms with van der Waals surface area (Å²) in [5.74, 6) is -1.46. The molecule has 0 spiro atoms. The van der Waals surface area contributed by atoms with E-state index in [-0.39, 0.29) is 37.0 Å². The lowest BCUT2D eigenvalue weighted by Crippen LogP contribution is -2.53. The number of carbonyl (C=O) groups excluding carboxylic acids is 3. The van der Waals surface area contributed by atoms with Gasteiger partial charge in [0.1, 0.15) is 19.0 Å². The monoisotopic (exact) mass is 598 g/mol. The second kappa shape index (κ2) is 13.3. The van der Waals surface area contributed by atoms with Crippen LogP contribution >= 0.6 is 0 Å². The van der Waals surface area contributed by atoms with Crippen molar-refractivity contribution in [3.63, 3.8) is 0 Å². The second-order valence-corrected chi connectivity index (χ2v) is 16.0. The maximum Gasteiger partial charge on any atom is 0.573 e. The Kier molecular flexibility index (Phi) is 10.3. The first kappa shape index (κ1) is 31.8. The highest BCUT2D eigenvalue weighted by atomic mass is 28.3. The molecule has 0 fully saturated rings. The van der Waals surface area contributed by atoms with E-state index < -0.39 is 44.1 Å². The molecule has 11 nitrogen and oxygen atoms in total. The molecule has 41 heavy (non-hydrogen) atoms. The molecule has 2 heterocycles. The third kappa shape index (κ3) is 8.90. The smallest absolute Gasteiger partial charge is 0.465 e. The molecule has 1 aromatic carbocycles. The Labute approximate surface area is 236 Å². The molecule has 3 rings (SSSR count). The molecule has 224 valence electrons. The summed E-state index contributed by atoms with van der Waals surface area (Å²) in [5, 5.41) is 2.74. The summed E-state index contributed by atoms with van der Waals surface area (Å²) in [4.78, 5) is 45.5. The van der Waals surface area contributed by atoms with Crippen LogP contribution in [0.4, 0.5) is 29.5 Å². The Morgan fingerprint density at radius 2 is 1.83 bits per heavy atom. The molecule has 0 saturated carbocycles. The molecule has 1 N–H and O–H groups in total. The Hall–Kier alpha value is -3.69. The van der Waals surface area contributed by atoms with Crippen LogP contribution in [0.25, 0.3) is 0 Å². The molecule has 0 radical (unpaired) electrons. The van der Waals surface area contributed by atoms with Gasteiger partial charge in [-0.25, -0.2) is 14.6 Å². The van der Waals surface area contributed by atoms with Gasteiger partial charge in [0.2, 0.25) is 5.91 Å². The van der Waals surface area contributed by atoms with Crippen molar-refractivity contribution in [2.45, 2.75) is 38.1 Å². The highest BCUT2D eigenvalue weighted by molar-refractivity contribution is 6.76. The molecule has 3 amide bonds. The van der Waals surface area contributed by atoms with Crippen LogP contribution in [-0.2, 0) is 19.0 Å². The molecule has 1 aliphatic rings. The fraction of sp³-hybridized carbons (Fsp3) is 0.462. The second-order valence-electron chi connectivity index (χ2n) is 10.4. The van der Waals surface area contributed by atoms with Crippen molar-refractivity contribution in [1.82, 2.24) is 10.3 Å². The molecule has 0 saturated heterocycles. The van der Waals surface area contributed by atoms with Crippen LogP contribution in [0.5, 0.6) is 5.75 Å². The summed E-state index contributed by atoms with van der Waals surface area (Å²) >= 11 is 0. The van der Waals surface area contributed by atoms with E-state index in [0.29, 0.717) is 12.2 Å². The lowest BCUT2D eigenvalue weighted by atomic mass is 10.1. The normalized spacial score (nSPS) is 14.4. The van der Waals surface area contributed by atoms with E-state index in [1.165, 1.54) is 43.5 Å². The predicted molar refractivity (Wildman–Crippen MR) is 146 cm³/mol. The van der Waals surface area contributed by atoms with Gasteiger partial charge in [0.15, 0.2) is 5.82 Å². The summed E-state index contributed by atoms with van der Waals surface area (Å²) < 4.78 is 57.2. The van der Waals surface area contributed by atoms with E-state index in [0.717, 1.165) is 23.1 Å². The molecule has 1 aromatic heterocycles. The third-order valence-electron chi connectivity index (χ3n) is 6.02. The molecule has 1 unspecified atom stereocenters. The van der Waals surface area contributed by atoms with Gasteiger partial charge >= 0.3 is 18.4 Å². The van der Waals surface area contributed by atoms with Gasteiger partial charge in [-0.05, 0) is 29.8 Å². The average molecular weight is 599 g/mol. The Morgan fingerprint density at radius 1 is 1.15 bits per heavy atom. The number of rotatable bonds is 11. The van der Waals surface area contributed by atoms with Crippen LogP contribution in [0.15, 0.2) is 36.5 Å². The van der Waals surface area contributed by atoms with Crippen molar-refractivity contribution in [3.05, 3.63) is 47.7 Å². The molecule has 1 atom stereocenters. The van der Waals surface area contributed by atoms with E-state index in [1.54, 1.807) is 0 Å². The third-order valence-corrected chi connectivity index (χ3v) is 7.72. The number of halogens is 3. The van der Waals surface area contributed by atoms with Gasteiger partial charge < -0.3 is 24.3 Å². The number of esters is 1. The number of carbonyl (C=O) groups is 3. The first-order valence-corrected chi connectivity index (χ1v) is 16.3. The standard InChI is InChI=1S/C26H33F3N4O7Si/c1-37-15-20(17-6-8-19(9-7-17)40-26(27,28)29)31-25(36)32-14-22(34)33(16-39-10-11-41(3,4)5)21-12-18(24(35)38-2)13-30-23(21)32/h6-9,12-13,20H,10-11,14-16H2,1-5H3,(H,31,36). The number of nitrogens with zero attached hydrogens (tertiary/aromatic N) is 3. The van der Waals surface area contributed by atoms with Crippen molar-refractivity contribution < 1.29 is 46.5 Å². The minimum absolute atomic E-state index is 0.0222. The fourth-order valence-corrected chi connectivity index (χ4v) is 4.63. The van der Waals surface area contributed by atoms with Crippen molar-refractivity contribution in [1.29, 1.82) is 0 Å². The number of amides is 3. The van der Waals surface area contributed by atoms with Crippen LogP contribution in [0.3, 0.4) is 0 Å². The highest BCUT2D eigenvalue weighted by Gasteiger charge is 2.36. The number of aromatic nitrogens is 1. The first-order chi connectivity index (χ1) is 19.2. The SMILES string of the molecule is COCC(NC(=O)N1CC(=O)N(COCC[Si](C)(C)C)c2cc(C(=O)OC)cnc21)c1ccc(OC(F)(F)F)cc1. The highest BCUT2D eigenvalue weighted by Crippen LogP contribution is 2.33. The number of pyridine rings is 1. The molecular formula is C26H33F3N4O7Si. The predicted octanol–water partition coefficient (Wildman–Crippen LogP) is 4.33. The number of alkyl halides is 3. The molecule has 0 bridgehead atoms. The van der Waals surface area contributed by atoms with Crippen LogP contribution in [-0.4, -0.2) is 78.0 Å². The zero-order valence-corrected chi connectivity index (χ0v) is 24.4. The Morgan fingerprint density at radius 3 is 2.41 bits per heavy atom. The zero-order chi connectivity index (χ0) is 30.4.